The highest BCUT2D eigenvalue weighted by Gasteiger charge is 2.16. The lowest BCUT2D eigenvalue weighted by molar-refractivity contribution is 0.0696. The summed E-state index contributed by atoms with van der Waals surface area (Å²) < 4.78 is 11.0. The van der Waals surface area contributed by atoms with Gasteiger partial charge in [0.2, 0.25) is 0 Å². The number of aryl methyl sites for hydroxylation is 1. The molecule has 1 aliphatic rings. The minimum Gasteiger partial charge on any atom is -0.493 e. The number of carboxylic acids is 1. The standard InChI is InChI=1S/C13H16O4/c1-9-6-11(13(14)15)2-3-12(9)17-8-10-4-5-16-7-10/h2-3,6,10H,4-5,7-8H2,1H3,(H,14,15). The van der Waals surface area contributed by atoms with Crippen molar-refractivity contribution in [3.63, 3.8) is 0 Å². The van der Waals surface area contributed by atoms with Gasteiger partial charge in [0.05, 0.1) is 18.8 Å². The number of hydrogen-bond donors (Lipinski definition) is 1. The van der Waals surface area contributed by atoms with Crippen LogP contribution < -0.4 is 4.74 Å². The van der Waals surface area contributed by atoms with E-state index in [4.69, 9.17) is 14.6 Å². The highest BCUT2D eigenvalue weighted by atomic mass is 16.5. The third kappa shape index (κ3) is 2.97. The van der Waals surface area contributed by atoms with Gasteiger partial charge in [-0.3, -0.25) is 0 Å². The zero-order valence-electron chi connectivity index (χ0n) is 9.81. The molecule has 4 nitrogen and oxygen atoms in total. The molecule has 1 aromatic carbocycles. The average Bonchev–Trinajstić information content (AvgIpc) is 2.80. The highest BCUT2D eigenvalue weighted by molar-refractivity contribution is 5.88. The highest BCUT2D eigenvalue weighted by Crippen LogP contribution is 2.21. The number of carbonyl (C=O) groups is 1. The Hall–Kier alpha value is -1.55. The van der Waals surface area contributed by atoms with Crippen LogP contribution in [0.1, 0.15) is 22.3 Å². The van der Waals surface area contributed by atoms with Gasteiger partial charge in [-0.05, 0) is 37.1 Å². The largest absolute Gasteiger partial charge is 0.493 e. The van der Waals surface area contributed by atoms with Crippen molar-refractivity contribution in [2.75, 3.05) is 19.8 Å². The molecule has 0 saturated carbocycles. The summed E-state index contributed by atoms with van der Waals surface area (Å²) in [5.41, 5.74) is 1.14. The quantitative estimate of drug-likeness (QED) is 0.869. The Morgan fingerprint density at radius 2 is 2.41 bits per heavy atom. The molecule has 1 heterocycles. The molecule has 4 heteroatoms. The van der Waals surface area contributed by atoms with Gasteiger partial charge in [0.1, 0.15) is 5.75 Å². The molecule has 2 rings (SSSR count). The molecule has 1 unspecified atom stereocenters. The van der Waals surface area contributed by atoms with E-state index < -0.39 is 5.97 Å². The maximum atomic E-state index is 10.8. The fourth-order valence-corrected chi connectivity index (χ4v) is 1.87. The van der Waals surface area contributed by atoms with E-state index in [0.29, 0.717) is 18.1 Å². The summed E-state index contributed by atoms with van der Waals surface area (Å²) in [5, 5.41) is 8.85. The maximum Gasteiger partial charge on any atom is 0.335 e. The summed E-state index contributed by atoms with van der Waals surface area (Å²) in [6, 6.07) is 4.91. The average molecular weight is 236 g/mol. The number of hydrogen-bond acceptors (Lipinski definition) is 3. The molecule has 0 amide bonds. The van der Waals surface area contributed by atoms with Gasteiger partial charge in [0.25, 0.3) is 0 Å². The number of aromatic carboxylic acids is 1. The van der Waals surface area contributed by atoms with Gasteiger partial charge in [-0.15, -0.1) is 0 Å². The van der Waals surface area contributed by atoms with Crippen molar-refractivity contribution >= 4 is 5.97 Å². The number of benzene rings is 1. The zero-order chi connectivity index (χ0) is 12.3. The van der Waals surface area contributed by atoms with E-state index in [-0.39, 0.29) is 0 Å². The summed E-state index contributed by atoms with van der Waals surface area (Å²) in [4.78, 5) is 10.8. The fraction of sp³-hybridized carbons (Fsp3) is 0.462. The molecule has 17 heavy (non-hydrogen) atoms. The lowest BCUT2D eigenvalue weighted by Crippen LogP contribution is -2.12. The second-order valence-electron chi connectivity index (χ2n) is 4.33. The maximum absolute atomic E-state index is 10.8. The predicted octanol–water partition coefficient (Wildman–Crippen LogP) is 2.11. The molecular weight excluding hydrogens is 220 g/mol. The van der Waals surface area contributed by atoms with E-state index in [1.54, 1.807) is 18.2 Å². The van der Waals surface area contributed by atoms with Crippen LogP contribution in [0.5, 0.6) is 5.75 Å². The Morgan fingerprint density at radius 3 is 3.00 bits per heavy atom. The van der Waals surface area contributed by atoms with Gasteiger partial charge < -0.3 is 14.6 Å². The van der Waals surface area contributed by atoms with E-state index in [2.05, 4.69) is 0 Å². The molecular formula is C13H16O4. The van der Waals surface area contributed by atoms with Gasteiger partial charge in [-0.1, -0.05) is 0 Å². The van der Waals surface area contributed by atoms with Crippen molar-refractivity contribution in [3.05, 3.63) is 29.3 Å². The third-order valence-electron chi connectivity index (χ3n) is 2.92. The summed E-state index contributed by atoms with van der Waals surface area (Å²) in [6.45, 7) is 4.05. The lowest BCUT2D eigenvalue weighted by Gasteiger charge is -2.12. The van der Waals surface area contributed by atoms with Crippen molar-refractivity contribution in [1.82, 2.24) is 0 Å². The second-order valence-corrected chi connectivity index (χ2v) is 4.33. The molecule has 1 aromatic rings. The lowest BCUT2D eigenvalue weighted by atomic mass is 10.1. The van der Waals surface area contributed by atoms with Crippen molar-refractivity contribution in [1.29, 1.82) is 0 Å². The molecule has 1 N–H and O–H groups in total. The number of ether oxygens (including phenoxy) is 2. The predicted molar refractivity (Wildman–Crippen MR) is 62.6 cm³/mol. The number of rotatable bonds is 4. The Balaban J connectivity index is 1.98. The molecule has 1 saturated heterocycles. The topological polar surface area (TPSA) is 55.8 Å². The van der Waals surface area contributed by atoms with Crippen LogP contribution in [0.25, 0.3) is 0 Å². The Labute approximate surface area is 100 Å². The minimum atomic E-state index is -0.913. The molecule has 1 atom stereocenters. The van der Waals surface area contributed by atoms with Gasteiger partial charge >= 0.3 is 5.97 Å². The summed E-state index contributed by atoms with van der Waals surface area (Å²) >= 11 is 0. The second kappa shape index (κ2) is 5.19. The van der Waals surface area contributed by atoms with Gasteiger partial charge in [0, 0.05) is 12.5 Å². The minimum absolute atomic E-state index is 0.291. The van der Waals surface area contributed by atoms with Gasteiger partial charge in [0.15, 0.2) is 0 Å². The molecule has 1 aliphatic heterocycles. The summed E-state index contributed by atoms with van der Waals surface area (Å²) in [5.74, 6) is 0.291. The van der Waals surface area contributed by atoms with Crippen LogP contribution >= 0.6 is 0 Å². The van der Waals surface area contributed by atoms with E-state index in [1.165, 1.54) is 0 Å². The van der Waals surface area contributed by atoms with Crippen LogP contribution in [0.15, 0.2) is 18.2 Å². The monoisotopic (exact) mass is 236 g/mol. The number of carboxylic acid groups (broad SMARTS) is 1. The van der Waals surface area contributed by atoms with Crippen molar-refractivity contribution < 1.29 is 19.4 Å². The Kier molecular flexibility index (Phi) is 3.64. The van der Waals surface area contributed by atoms with E-state index in [9.17, 15) is 4.79 Å². The van der Waals surface area contributed by atoms with Gasteiger partial charge in [-0.2, -0.15) is 0 Å². The van der Waals surface area contributed by atoms with Crippen LogP contribution in [-0.2, 0) is 4.74 Å². The molecule has 0 radical (unpaired) electrons. The first-order valence-corrected chi connectivity index (χ1v) is 5.71. The molecule has 92 valence electrons. The van der Waals surface area contributed by atoms with Gasteiger partial charge in [-0.25, -0.2) is 4.79 Å². The first-order valence-electron chi connectivity index (χ1n) is 5.71. The first-order chi connectivity index (χ1) is 8.16. The van der Waals surface area contributed by atoms with Crippen LogP contribution in [0, 0.1) is 12.8 Å². The van der Waals surface area contributed by atoms with Crippen molar-refractivity contribution in [2.45, 2.75) is 13.3 Å². The molecule has 0 bridgehead atoms. The smallest absolute Gasteiger partial charge is 0.335 e. The van der Waals surface area contributed by atoms with E-state index >= 15 is 0 Å². The fourth-order valence-electron chi connectivity index (χ4n) is 1.87. The van der Waals surface area contributed by atoms with E-state index in [1.807, 2.05) is 6.92 Å². The zero-order valence-corrected chi connectivity index (χ0v) is 9.81. The van der Waals surface area contributed by atoms with E-state index in [0.717, 1.165) is 30.9 Å². The molecule has 0 spiro atoms. The molecule has 1 fully saturated rings. The normalized spacial score (nSPS) is 19.2. The summed E-state index contributed by atoms with van der Waals surface area (Å²) in [6.07, 6.45) is 1.03. The SMILES string of the molecule is Cc1cc(C(=O)O)ccc1OCC1CCOC1. The summed E-state index contributed by atoms with van der Waals surface area (Å²) in [7, 11) is 0. The van der Waals surface area contributed by atoms with Crippen LogP contribution in [0.2, 0.25) is 0 Å². The molecule has 0 aromatic heterocycles. The Bertz CT molecular complexity index is 408. The van der Waals surface area contributed by atoms with Crippen molar-refractivity contribution in [3.8, 4) is 5.75 Å². The van der Waals surface area contributed by atoms with Crippen LogP contribution in [0.4, 0.5) is 0 Å². The third-order valence-corrected chi connectivity index (χ3v) is 2.92. The van der Waals surface area contributed by atoms with Crippen molar-refractivity contribution in [2.24, 2.45) is 5.92 Å². The molecule has 0 aliphatic carbocycles. The Morgan fingerprint density at radius 1 is 1.59 bits per heavy atom. The van der Waals surface area contributed by atoms with Crippen LogP contribution in [-0.4, -0.2) is 30.9 Å². The first kappa shape index (κ1) is 11.9. The van der Waals surface area contributed by atoms with Crippen LogP contribution in [0.3, 0.4) is 0 Å².